The fourth-order valence-electron chi connectivity index (χ4n) is 3.37. The molecule has 132 valence electrons. The van der Waals surface area contributed by atoms with Crippen molar-refractivity contribution < 1.29 is 9.59 Å². The minimum Gasteiger partial charge on any atom is -0.349 e. The van der Waals surface area contributed by atoms with Gasteiger partial charge in [-0.25, -0.2) is 0 Å². The van der Waals surface area contributed by atoms with Crippen LogP contribution in [-0.2, 0) is 4.79 Å². The second kappa shape index (κ2) is 8.30. The van der Waals surface area contributed by atoms with Crippen LogP contribution in [0.1, 0.15) is 48.0 Å². The first-order valence-electron chi connectivity index (χ1n) is 8.85. The first-order chi connectivity index (χ1) is 12.2. The van der Waals surface area contributed by atoms with Crippen LogP contribution in [0.3, 0.4) is 0 Å². The first-order valence-corrected chi connectivity index (χ1v) is 9.80. The van der Waals surface area contributed by atoms with E-state index in [1.807, 2.05) is 52.1 Å². The Bertz CT molecular complexity index is 692. The van der Waals surface area contributed by atoms with Crippen LogP contribution in [-0.4, -0.2) is 35.8 Å². The van der Waals surface area contributed by atoms with Crippen LogP contribution in [0.5, 0.6) is 0 Å². The average molecular weight is 356 g/mol. The van der Waals surface area contributed by atoms with Crippen LogP contribution in [0.25, 0.3) is 0 Å². The summed E-state index contributed by atoms with van der Waals surface area (Å²) in [6.07, 6.45) is 2.43. The smallest absolute Gasteiger partial charge is 0.252 e. The molecule has 0 saturated carbocycles. The van der Waals surface area contributed by atoms with E-state index >= 15 is 0 Å². The van der Waals surface area contributed by atoms with Crippen molar-refractivity contribution in [1.29, 1.82) is 0 Å². The Labute approximate surface area is 152 Å². The Morgan fingerprint density at radius 1 is 1.20 bits per heavy atom. The zero-order valence-corrected chi connectivity index (χ0v) is 15.3. The minimum atomic E-state index is -0.0712. The van der Waals surface area contributed by atoms with E-state index in [9.17, 15) is 9.59 Å². The van der Waals surface area contributed by atoms with Crippen LogP contribution >= 0.6 is 11.3 Å². The molecule has 0 radical (unpaired) electrons. The predicted molar refractivity (Wildman–Crippen MR) is 101 cm³/mol. The number of thiophene rings is 1. The summed E-state index contributed by atoms with van der Waals surface area (Å²) in [6.45, 7) is 3.47. The Kier molecular flexibility index (Phi) is 5.87. The van der Waals surface area contributed by atoms with Gasteiger partial charge in [-0.15, -0.1) is 0 Å². The maximum Gasteiger partial charge on any atom is 0.252 e. The number of nitrogens with zero attached hydrogens (tertiary/aromatic N) is 1. The van der Waals surface area contributed by atoms with Crippen LogP contribution in [0.4, 0.5) is 0 Å². The van der Waals surface area contributed by atoms with Crippen LogP contribution < -0.4 is 5.32 Å². The third-order valence-electron chi connectivity index (χ3n) is 4.83. The van der Waals surface area contributed by atoms with E-state index in [0.717, 1.165) is 30.4 Å². The van der Waals surface area contributed by atoms with E-state index < -0.39 is 0 Å². The van der Waals surface area contributed by atoms with Gasteiger partial charge in [0.15, 0.2) is 0 Å². The molecule has 2 amide bonds. The molecule has 0 unspecified atom stereocenters. The van der Waals surface area contributed by atoms with Gasteiger partial charge >= 0.3 is 0 Å². The molecule has 1 aliphatic heterocycles. The molecule has 1 N–H and O–H groups in total. The third-order valence-corrected chi connectivity index (χ3v) is 5.52. The maximum atomic E-state index is 12.9. The van der Waals surface area contributed by atoms with E-state index in [2.05, 4.69) is 12.2 Å². The Morgan fingerprint density at radius 2 is 1.92 bits per heavy atom. The van der Waals surface area contributed by atoms with Gasteiger partial charge in [0.25, 0.3) is 5.91 Å². The van der Waals surface area contributed by atoms with Gasteiger partial charge in [-0.3, -0.25) is 9.59 Å². The molecule has 2 aromatic rings. The second-order valence-electron chi connectivity index (χ2n) is 6.46. The average Bonchev–Trinajstić information content (AvgIpc) is 3.19. The van der Waals surface area contributed by atoms with Gasteiger partial charge < -0.3 is 10.2 Å². The summed E-state index contributed by atoms with van der Waals surface area (Å²) in [6, 6.07) is 12.0. The van der Waals surface area contributed by atoms with E-state index in [4.69, 9.17) is 0 Å². The summed E-state index contributed by atoms with van der Waals surface area (Å²) in [5, 5.41) is 6.85. The molecular formula is C20H24N2O2S. The summed E-state index contributed by atoms with van der Waals surface area (Å²) in [5.74, 6) is 0.121. The number of hydrogen-bond acceptors (Lipinski definition) is 3. The van der Waals surface area contributed by atoms with Crippen molar-refractivity contribution >= 4 is 23.2 Å². The molecule has 3 rings (SSSR count). The minimum absolute atomic E-state index is 0.0123. The summed E-state index contributed by atoms with van der Waals surface area (Å²) >= 11 is 1.52. The molecule has 1 aromatic heterocycles. The number of likely N-dealkylation sites (tertiary alicyclic amines) is 1. The standard InChI is InChI=1S/C20H24N2O2S/c1-2-18(15-6-4-3-5-7-15)20(24)22-11-8-17(9-12-22)21-19(23)16-10-13-25-14-16/h3-7,10,13-14,17-18H,2,8-9,11-12H2,1H3,(H,21,23)/t18-/m0/s1. The van der Waals surface area contributed by atoms with Crippen molar-refractivity contribution in [2.45, 2.75) is 38.1 Å². The van der Waals surface area contributed by atoms with Gasteiger partial charge in [0.1, 0.15) is 0 Å². The van der Waals surface area contributed by atoms with Crippen molar-refractivity contribution in [2.24, 2.45) is 0 Å². The monoisotopic (exact) mass is 356 g/mol. The largest absolute Gasteiger partial charge is 0.349 e. The van der Waals surface area contributed by atoms with Gasteiger partial charge in [0.2, 0.25) is 5.91 Å². The zero-order chi connectivity index (χ0) is 17.6. The number of amides is 2. The maximum absolute atomic E-state index is 12.9. The number of benzene rings is 1. The van der Waals surface area contributed by atoms with Crippen molar-refractivity contribution in [3.8, 4) is 0 Å². The summed E-state index contributed by atoms with van der Waals surface area (Å²) in [4.78, 5) is 27.0. The lowest BCUT2D eigenvalue weighted by Gasteiger charge is -2.34. The lowest BCUT2D eigenvalue weighted by molar-refractivity contribution is -0.134. The highest BCUT2D eigenvalue weighted by molar-refractivity contribution is 7.08. The topological polar surface area (TPSA) is 49.4 Å². The number of carbonyl (C=O) groups excluding carboxylic acids is 2. The fraction of sp³-hybridized carbons (Fsp3) is 0.400. The lowest BCUT2D eigenvalue weighted by atomic mass is 9.93. The molecule has 2 heterocycles. The highest BCUT2D eigenvalue weighted by atomic mass is 32.1. The van der Waals surface area contributed by atoms with Crippen LogP contribution in [0.2, 0.25) is 0 Å². The highest BCUT2D eigenvalue weighted by Crippen LogP contribution is 2.24. The molecule has 1 saturated heterocycles. The van der Waals surface area contributed by atoms with Gasteiger partial charge in [-0.1, -0.05) is 37.3 Å². The number of piperidine rings is 1. The zero-order valence-electron chi connectivity index (χ0n) is 14.5. The molecule has 0 aliphatic carbocycles. The second-order valence-corrected chi connectivity index (χ2v) is 7.24. The highest BCUT2D eigenvalue weighted by Gasteiger charge is 2.28. The molecular weight excluding hydrogens is 332 g/mol. The molecule has 4 nitrogen and oxygen atoms in total. The first kappa shape index (κ1) is 17.7. The third kappa shape index (κ3) is 4.28. The van der Waals surface area contributed by atoms with Crippen molar-refractivity contribution in [3.63, 3.8) is 0 Å². The summed E-state index contributed by atoms with van der Waals surface area (Å²) in [7, 11) is 0. The van der Waals surface area contributed by atoms with Crippen molar-refractivity contribution in [1.82, 2.24) is 10.2 Å². The normalized spacial score (nSPS) is 16.4. The number of hydrogen-bond donors (Lipinski definition) is 1. The molecule has 0 spiro atoms. The fourth-order valence-corrected chi connectivity index (χ4v) is 4.00. The molecule has 1 fully saturated rings. The quantitative estimate of drug-likeness (QED) is 0.889. The SMILES string of the molecule is CC[C@H](C(=O)N1CCC(NC(=O)c2ccsc2)CC1)c1ccccc1. The van der Waals surface area contributed by atoms with E-state index in [1.54, 1.807) is 0 Å². The predicted octanol–water partition coefficient (Wildman–Crippen LogP) is 3.66. The molecule has 1 aliphatic rings. The van der Waals surface area contributed by atoms with Gasteiger partial charge in [-0.2, -0.15) is 11.3 Å². The van der Waals surface area contributed by atoms with Crippen LogP contribution in [0, 0.1) is 0 Å². The number of carbonyl (C=O) groups is 2. The van der Waals surface area contributed by atoms with E-state index in [-0.39, 0.29) is 23.8 Å². The summed E-state index contributed by atoms with van der Waals surface area (Å²) < 4.78 is 0. The molecule has 1 aromatic carbocycles. The van der Waals surface area contributed by atoms with E-state index in [0.29, 0.717) is 13.1 Å². The molecule has 0 bridgehead atoms. The number of rotatable bonds is 5. The Balaban J connectivity index is 1.54. The number of nitrogens with one attached hydrogen (secondary N) is 1. The van der Waals surface area contributed by atoms with Gasteiger partial charge in [0, 0.05) is 30.1 Å². The molecule has 1 atom stereocenters. The molecule has 25 heavy (non-hydrogen) atoms. The Hall–Kier alpha value is -2.14. The van der Waals surface area contributed by atoms with Crippen molar-refractivity contribution in [2.75, 3.05) is 13.1 Å². The van der Waals surface area contributed by atoms with E-state index in [1.165, 1.54) is 11.3 Å². The van der Waals surface area contributed by atoms with Crippen molar-refractivity contribution in [3.05, 3.63) is 58.3 Å². The Morgan fingerprint density at radius 3 is 2.52 bits per heavy atom. The van der Waals surface area contributed by atoms with Gasteiger partial charge in [-0.05, 0) is 36.3 Å². The summed E-state index contributed by atoms with van der Waals surface area (Å²) in [5.41, 5.74) is 1.81. The van der Waals surface area contributed by atoms with Gasteiger partial charge in [0.05, 0.1) is 5.92 Å². The lowest BCUT2D eigenvalue weighted by Crippen LogP contribution is -2.47. The molecule has 5 heteroatoms. The van der Waals surface area contributed by atoms with Crippen LogP contribution in [0.15, 0.2) is 47.2 Å².